The van der Waals surface area contributed by atoms with E-state index in [1.807, 2.05) is 36.4 Å². The minimum Gasteiger partial charge on any atom is -0.336 e. The van der Waals surface area contributed by atoms with Gasteiger partial charge in [-0.1, -0.05) is 60.7 Å². The molecule has 27 heavy (non-hydrogen) atoms. The van der Waals surface area contributed by atoms with Crippen LogP contribution in [0.1, 0.15) is 43.2 Å². The molecule has 138 valence electrons. The van der Waals surface area contributed by atoms with E-state index in [9.17, 15) is 4.79 Å². The largest absolute Gasteiger partial charge is 0.336 e. The van der Waals surface area contributed by atoms with Crippen molar-refractivity contribution in [3.63, 3.8) is 0 Å². The molecule has 0 N–H and O–H groups in total. The first-order valence-electron chi connectivity index (χ1n) is 9.57. The second-order valence-corrected chi connectivity index (χ2v) is 7.64. The molecule has 2 fully saturated rings. The van der Waals surface area contributed by atoms with Gasteiger partial charge in [0.25, 0.3) is 0 Å². The number of ketones is 1. The summed E-state index contributed by atoms with van der Waals surface area (Å²) >= 11 is 0. The van der Waals surface area contributed by atoms with E-state index in [1.54, 1.807) is 0 Å². The molecule has 2 aromatic rings. The van der Waals surface area contributed by atoms with Gasteiger partial charge in [-0.2, -0.15) is 4.89 Å². The molecule has 2 aromatic carbocycles. The average molecular weight is 362 g/mol. The van der Waals surface area contributed by atoms with Gasteiger partial charge in [-0.05, 0) is 22.8 Å². The molecule has 2 unspecified atom stereocenters. The van der Waals surface area contributed by atoms with Crippen molar-refractivity contribution in [2.24, 2.45) is 0 Å². The van der Waals surface area contributed by atoms with Crippen LogP contribution >= 0.6 is 0 Å². The lowest BCUT2D eigenvalue weighted by atomic mass is 9.86. The first kappa shape index (κ1) is 16.9. The van der Waals surface area contributed by atoms with Crippen molar-refractivity contribution in [2.45, 2.75) is 49.6 Å². The zero-order chi connectivity index (χ0) is 18.3. The van der Waals surface area contributed by atoms with Gasteiger partial charge in [-0.25, -0.2) is 4.89 Å². The van der Waals surface area contributed by atoms with Crippen molar-refractivity contribution in [1.29, 1.82) is 0 Å². The highest BCUT2D eigenvalue weighted by molar-refractivity contribution is 5.79. The number of carbonyl (C=O) groups is 1. The van der Waals surface area contributed by atoms with Gasteiger partial charge in [0.05, 0.1) is 0 Å². The van der Waals surface area contributed by atoms with Crippen LogP contribution in [0.15, 0.2) is 66.7 Å². The molecule has 1 saturated heterocycles. The summed E-state index contributed by atoms with van der Waals surface area (Å²) in [5, 5.41) is 0. The highest BCUT2D eigenvalue weighted by atomic mass is 17.2. The number of hydrogen-bond donors (Lipinski definition) is 0. The Balaban J connectivity index is 1.52. The summed E-state index contributed by atoms with van der Waals surface area (Å²) in [6.07, 6.45) is 4.64. The first-order chi connectivity index (χ1) is 13.2. The molecule has 4 nitrogen and oxygen atoms in total. The molecule has 5 rings (SSSR count). The molecule has 1 heterocycles. The Kier molecular flexibility index (Phi) is 4.01. The summed E-state index contributed by atoms with van der Waals surface area (Å²) in [5.74, 6) is -0.556. The van der Waals surface area contributed by atoms with Crippen LogP contribution in [-0.2, 0) is 24.9 Å². The Morgan fingerprint density at radius 1 is 0.852 bits per heavy atom. The van der Waals surface area contributed by atoms with E-state index in [0.29, 0.717) is 32.1 Å². The minimum absolute atomic E-state index is 0.253. The SMILES string of the molecule is O=C1CCC2(CC1)OOC1(c3ccccc3)CC(c3ccccc3)=CC1O2. The summed E-state index contributed by atoms with van der Waals surface area (Å²) in [6.45, 7) is 0. The maximum atomic E-state index is 11.7. The highest BCUT2D eigenvalue weighted by Gasteiger charge is 2.57. The van der Waals surface area contributed by atoms with Gasteiger partial charge < -0.3 is 4.74 Å². The van der Waals surface area contributed by atoms with E-state index in [0.717, 1.165) is 5.56 Å². The number of ether oxygens (including phenoxy) is 1. The number of fused-ring (bicyclic) bond motifs is 1. The Bertz CT molecular complexity index is 864. The molecule has 1 spiro atoms. The summed E-state index contributed by atoms with van der Waals surface area (Å²) in [7, 11) is 0. The van der Waals surface area contributed by atoms with E-state index in [-0.39, 0.29) is 11.9 Å². The van der Waals surface area contributed by atoms with Crippen LogP contribution in [0, 0.1) is 0 Å². The standard InChI is InChI=1S/C23H22O4/c24-20-11-13-22(14-12-20)25-21-15-18(17-7-3-1-4-8-17)16-23(21,27-26-22)19-9-5-2-6-10-19/h1-10,15,21H,11-14,16H2. The number of Topliss-reactive ketones (excluding diaryl/α,β-unsaturated/α-hetero) is 1. The zero-order valence-corrected chi connectivity index (χ0v) is 15.1. The van der Waals surface area contributed by atoms with Crippen molar-refractivity contribution in [2.75, 3.05) is 0 Å². The van der Waals surface area contributed by atoms with Crippen LogP contribution in [-0.4, -0.2) is 17.7 Å². The molecular weight excluding hydrogens is 340 g/mol. The summed E-state index contributed by atoms with van der Waals surface area (Å²) < 4.78 is 6.52. The van der Waals surface area contributed by atoms with Crippen molar-refractivity contribution >= 4 is 11.4 Å². The van der Waals surface area contributed by atoms with Crippen molar-refractivity contribution < 1.29 is 19.3 Å². The summed E-state index contributed by atoms with van der Waals surface area (Å²) in [4.78, 5) is 23.7. The van der Waals surface area contributed by atoms with Crippen molar-refractivity contribution in [1.82, 2.24) is 0 Å². The maximum Gasteiger partial charge on any atom is 0.203 e. The normalized spacial score (nSPS) is 29.4. The summed E-state index contributed by atoms with van der Waals surface area (Å²) in [5.41, 5.74) is 2.71. The maximum absolute atomic E-state index is 11.7. The number of rotatable bonds is 2. The fourth-order valence-corrected chi connectivity index (χ4v) is 4.36. The molecular formula is C23H22O4. The second kappa shape index (κ2) is 6.41. The quantitative estimate of drug-likeness (QED) is 0.735. The summed E-state index contributed by atoms with van der Waals surface area (Å²) in [6, 6.07) is 20.4. The first-order valence-corrected chi connectivity index (χ1v) is 9.57. The van der Waals surface area contributed by atoms with E-state index >= 15 is 0 Å². The zero-order valence-electron chi connectivity index (χ0n) is 15.1. The van der Waals surface area contributed by atoms with E-state index in [4.69, 9.17) is 14.5 Å². The van der Waals surface area contributed by atoms with Crippen LogP contribution in [0.5, 0.6) is 0 Å². The van der Waals surface area contributed by atoms with Crippen molar-refractivity contribution in [3.05, 3.63) is 77.9 Å². The van der Waals surface area contributed by atoms with Crippen LogP contribution in [0.25, 0.3) is 5.57 Å². The monoisotopic (exact) mass is 362 g/mol. The van der Waals surface area contributed by atoms with Gasteiger partial charge >= 0.3 is 0 Å². The van der Waals surface area contributed by atoms with Gasteiger partial charge in [0.15, 0.2) is 5.60 Å². The Hall–Kier alpha value is -2.27. The van der Waals surface area contributed by atoms with Crippen molar-refractivity contribution in [3.8, 4) is 0 Å². The third-order valence-corrected chi connectivity index (χ3v) is 5.93. The lowest BCUT2D eigenvalue weighted by Gasteiger charge is -2.48. The number of hydrogen-bond acceptors (Lipinski definition) is 4. The van der Waals surface area contributed by atoms with E-state index in [1.165, 1.54) is 11.1 Å². The van der Waals surface area contributed by atoms with Gasteiger partial charge in [-0.15, -0.1) is 0 Å². The van der Waals surface area contributed by atoms with Crippen LogP contribution in [0.3, 0.4) is 0 Å². The average Bonchev–Trinajstić information content (AvgIpc) is 3.12. The number of carbonyl (C=O) groups excluding carboxylic acids is 1. The van der Waals surface area contributed by atoms with Crippen LogP contribution in [0.4, 0.5) is 0 Å². The predicted octanol–water partition coefficient (Wildman–Crippen LogP) is 4.56. The van der Waals surface area contributed by atoms with Crippen LogP contribution in [0.2, 0.25) is 0 Å². The molecule has 0 amide bonds. The predicted molar refractivity (Wildman–Crippen MR) is 100 cm³/mol. The Morgan fingerprint density at radius 3 is 2.22 bits per heavy atom. The molecule has 1 saturated carbocycles. The van der Waals surface area contributed by atoms with Crippen LogP contribution < -0.4 is 0 Å². The van der Waals surface area contributed by atoms with E-state index in [2.05, 4.69) is 30.3 Å². The molecule has 2 aliphatic carbocycles. The molecule has 0 bridgehead atoms. The van der Waals surface area contributed by atoms with Gasteiger partial charge in [0, 0.05) is 32.1 Å². The molecule has 0 radical (unpaired) electrons. The highest BCUT2D eigenvalue weighted by Crippen LogP contribution is 2.53. The third kappa shape index (κ3) is 2.85. The molecule has 3 aliphatic rings. The second-order valence-electron chi connectivity index (χ2n) is 7.64. The lowest BCUT2D eigenvalue weighted by molar-refractivity contribution is -0.529. The molecule has 2 atom stereocenters. The molecule has 1 aliphatic heterocycles. The molecule has 0 aromatic heterocycles. The number of benzene rings is 2. The van der Waals surface area contributed by atoms with Gasteiger partial charge in [0.2, 0.25) is 5.79 Å². The fraction of sp³-hybridized carbons (Fsp3) is 0.348. The lowest BCUT2D eigenvalue weighted by Crippen LogP contribution is -2.55. The minimum atomic E-state index is -0.820. The third-order valence-electron chi connectivity index (χ3n) is 5.93. The topological polar surface area (TPSA) is 44.8 Å². The molecule has 4 heteroatoms. The van der Waals surface area contributed by atoms with E-state index < -0.39 is 11.4 Å². The van der Waals surface area contributed by atoms with Gasteiger partial charge in [-0.3, -0.25) is 4.79 Å². The Morgan fingerprint density at radius 2 is 1.52 bits per heavy atom. The smallest absolute Gasteiger partial charge is 0.203 e. The fourth-order valence-electron chi connectivity index (χ4n) is 4.36. The Labute approximate surface area is 158 Å². The van der Waals surface area contributed by atoms with Gasteiger partial charge in [0.1, 0.15) is 11.9 Å².